The summed E-state index contributed by atoms with van der Waals surface area (Å²) in [5, 5.41) is 20.3. The van der Waals surface area contributed by atoms with E-state index < -0.39 is 28.9 Å². The maximum Gasteiger partial charge on any atom is 2.00 e. The molecule has 0 unspecified atom stereocenters. The van der Waals surface area contributed by atoms with Crippen LogP contribution in [-0.4, -0.2) is 11.9 Å². The Labute approximate surface area is 87.6 Å². The quantitative estimate of drug-likeness (QED) is 0.527. The Balaban J connectivity index is 0.00000169. The van der Waals surface area contributed by atoms with Gasteiger partial charge in [0.2, 0.25) is 0 Å². The number of carboxylic acid groups (broad SMARTS) is 2. The van der Waals surface area contributed by atoms with Gasteiger partial charge in [0.25, 0.3) is 0 Å². The van der Waals surface area contributed by atoms with E-state index in [-0.39, 0.29) is 17.1 Å². The van der Waals surface area contributed by atoms with Crippen LogP contribution >= 0.6 is 0 Å². The summed E-state index contributed by atoms with van der Waals surface area (Å²) in [5.74, 6) is -5.21. The van der Waals surface area contributed by atoms with Crippen molar-refractivity contribution in [3.05, 3.63) is 33.9 Å². The summed E-state index contributed by atoms with van der Waals surface area (Å²) in [6, 6.07) is 1.23. The number of hydrogen-bond donors (Lipinski definition) is 0. The van der Waals surface area contributed by atoms with Crippen LogP contribution < -0.4 is 15.6 Å². The summed E-state index contributed by atoms with van der Waals surface area (Å²) in [6.07, 6.45) is 0. The average molecular weight is 246 g/mol. The minimum atomic E-state index is -1.76. The molecule has 14 heavy (non-hydrogen) atoms. The number of hydrogen-bond acceptors (Lipinski definition) is 6. The number of rotatable bonds is 2. The van der Waals surface area contributed by atoms with Crippen LogP contribution in [0.4, 0.5) is 0 Å². The van der Waals surface area contributed by atoms with Gasteiger partial charge in [-0.1, -0.05) is 0 Å². The third-order valence-corrected chi connectivity index (χ3v) is 1.17. The monoisotopic (exact) mass is 245 g/mol. The molecule has 1 heterocycles. The molecule has 1 radical (unpaired) electrons. The van der Waals surface area contributed by atoms with E-state index >= 15 is 0 Å². The molecule has 1 rings (SSSR count). The topological polar surface area (TPSA) is 110 Å². The maximum atomic E-state index is 10.7. The van der Waals surface area contributed by atoms with Crippen molar-refractivity contribution in [1.82, 2.24) is 0 Å². The maximum absolute atomic E-state index is 10.7. The molecule has 0 spiro atoms. The molecule has 0 aliphatic heterocycles. The van der Waals surface area contributed by atoms with Crippen LogP contribution in [0.25, 0.3) is 0 Å². The number of carboxylic acids is 2. The predicted octanol–water partition coefficient (Wildman–Crippen LogP) is -2.64. The molecule has 0 atom stereocenters. The van der Waals surface area contributed by atoms with Gasteiger partial charge in [-0.15, -0.1) is 0 Å². The first-order chi connectivity index (χ1) is 6.00. The molecule has 0 saturated heterocycles. The van der Waals surface area contributed by atoms with Crippen LogP contribution in [0, 0.1) is 0 Å². The van der Waals surface area contributed by atoms with Crippen molar-refractivity contribution in [1.29, 1.82) is 0 Å². The molecule has 7 heteroatoms. The fourth-order valence-corrected chi connectivity index (χ4v) is 0.679. The van der Waals surface area contributed by atoms with Crippen LogP contribution in [0.5, 0.6) is 0 Å². The van der Waals surface area contributed by atoms with Crippen LogP contribution in [0.1, 0.15) is 21.1 Å². The molecule has 0 fully saturated rings. The zero-order valence-electron chi connectivity index (χ0n) is 6.41. The summed E-state index contributed by atoms with van der Waals surface area (Å²) in [4.78, 5) is 31.0. The molecule has 0 aliphatic carbocycles. The van der Waals surface area contributed by atoms with Crippen molar-refractivity contribution >= 4 is 11.9 Å². The molecule has 0 bridgehead atoms. The van der Waals surface area contributed by atoms with Gasteiger partial charge >= 0.3 is 17.1 Å². The largest absolute Gasteiger partial charge is 2.00 e. The van der Waals surface area contributed by atoms with Crippen molar-refractivity contribution < 1.29 is 41.3 Å². The Morgan fingerprint density at radius 2 is 1.43 bits per heavy atom. The first-order valence-corrected chi connectivity index (χ1v) is 3.08. The van der Waals surface area contributed by atoms with E-state index in [4.69, 9.17) is 0 Å². The first kappa shape index (κ1) is 12.4. The van der Waals surface area contributed by atoms with Gasteiger partial charge in [0.05, 0.1) is 0 Å². The predicted molar refractivity (Wildman–Crippen MR) is 33.6 cm³/mol. The van der Waals surface area contributed by atoms with Crippen LogP contribution in [0.3, 0.4) is 0 Å². The van der Waals surface area contributed by atoms with Gasteiger partial charge in [-0.05, 0) is 0 Å². The van der Waals surface area contributed by atoms with Gasteiger partial charge in [0, 0.05) is 12.1 Å². The number of aromatic carboxylic acids is 2. The third kappa shape index (κ3) is 2.72. The van der Waals surface area contributed by atoms with Crippen LogP contribution in [-0.2, 0) is 17.1 Å². The van der Waals surface area contributed by atoms with E-state index in [0.717, 1.165) is 0 Å². The van der Waals surface area contributed by atoms with Crippen molar-refractivity contribution in [2.24, 2.45) is 0 Å². The zero-order valence-corrected chi connectivity index (χ0v) is 7.35. The zero-order chi connectivity index (χ0) is 10.0. The standard InChI is InChI=1S/C7H4O6.Cu/c8-3-1-4(6(9)10)13-5(2-3)7(11)12;/h1-2H,(H,9,10)(H,11,12);/q;+2/p-2. The minimum Gasteiger partial charge on any atom is -0.542 e. The summed E-state index contributed by atoms with van der Waals surface area (Å²) in [5.41, 5.74) is -0.801. The van der Waals surface area contributed by atoms with Gasteiger partial charge in [0.1, 0.15) is 11.9 Å². The molecule has 0 N–H and O–H groups in total. The van der Waals surface area contributed by atoms with Crippen LogP contribution in [0.2, 0.25) is 0 Å². The van der Waals surface area contributed by atoms with Crippen molar-refractivity contribution in [3.63, 3.8) is 0 Å². The summed E-state index contributed by atoms with van der Waals surface area (Å²) >= 11 is 0. The molecular weight excluding hydrogens is 244 g/mol. The molecule has 0 saturated carbocycles. The first-order valence-electron chi connectivity index (χ1n) is 3.08. The number of carbonyl (C=O) groups excluding carboxylic acids is 2. The van der Waals surface area contributed by atoms with E-state index in [1.165, 1.54) is 0 Å². The third-order valence-electron chi connectivity index (χ3n) is 1.17. The molecule has 1 aromatic heterocycles. The van der Waals surface area contributed by atoms with Gasteiger partial charge in [-0.25, -0.2) is 0 Å². The van der Waals surface area contributed by atoms with Crippen molar-refractivity contribution in [2.75, 3.05) is 0 Å². The van der Waals surface area contributed by atoms with Crippen molar-refractivity contribution in [2.45, 2.75) is 0 Å². The van der Waals surface area contributed by atoms with E-state index in [1.807, 2.05) is 0 Å². The Hall–Kier alpha value is -1.59. The van der Waals surface area contributed by atoms with Gasteiger partial charge in [-0.3, -0.25) is 4.79 Å². The van der Waals surface area contributed by atoms with E-state index in [2.05, 4.69) is 4.42 Å². The second-order valence-corrected chi connectivity index (χ2v) is 2.10. The molecule has 0 aromatic carbocycles. The summed E-state index contributed by atoms with van der Waals surface area (Å²) in [7, 11) is 0. The molecule has 77 valence electrons. The fraction of sp³-hybridized carbons (Fsp3) is 0. The number of carbonyl (C=O) groups is 2. The smallest absolute Gasteiger partial charge is 0.542 e. The second kappa shape index (κ2) is 4.59. The Kier molecular flexibility index (Phi) is 4.07. The Morgan fingerprint density at radius 1 is 1.07 bits per heavy atom. The Bertz CT molecular complexity index is 385. The van der Waals surface area contributed by atoms with E-state index in [0.29, 0.717) is 12.1 Å². The SMILES string of the molecule is O=C([O-])c1cc(=O)cc(C(=O)[O-])o1.[Cu+2]. The molecule has 0 aliphatic rings. The minimum absolute atomic E-state index is 0. The van der Waals surface area contributed by atoms with E-state index in [1.54, 1.807) is 0 Å². The normalized spacial score (nSPS) is 8.86. The average Bonchev–Trinajstić information content (AvgIpc) is 2.03. The van der Waals surface area contributed by atoms with Crippen molar-refractivity contribution in [3.8, 4) is 0 Å². The molecule has 1 aromatic rings. The van der Waals surface area contributed by atoms with E-state index in [9.17, 15) is 24.6 Å². The van der Waals surface area contributed by atoms with Crippen LogP contribution in [0.15, 0.2) is 21.3 Å². The van der Waals surface area contributed by atoms with Gasteiger partial charge in [-0.2, -0.15) is 0 Å². The fourth-order valence-electron chi connectivity index (χ4n) is 0.679. The molecular formula is C7H2CuO6. The second-order valence-electron chi connectivity index (χ2n) is 2.10. The molecule has 0 amide bonds. The summed E-state index contributed by atoms with van der Waals surface area (Å²) in [6.45, 7) is 0. The van der Waals surface area contributed by atoms with Gasteiger partial charge in [0.15, 0.2) is 16.9 Å². The molecule has 6 nitrogen and oxygen atoms in total. The van der Waals surface area contributed by atoms with Gasteiger partial charge < -0.3 is 24.2 Å². The summed E-state index contributed by atoms with van der Waals surface area (Å²) < 4.78 is 4.26. The Morgan fingerprint density at radius 3 is 1.71 bits per heavy atom.